The fraction of sp³-hybridized carbons (Fsp3) is 0.235. The molecular weight excluding hydrogens is 272 g/mol. The molecule has 0 N–H and O–H groups in total. The van der Waals surface area contributed by atoms with Gasteiger partial charge in [-0.3, -0.25) is 4.79 Å². The Labute approximate surface area is 123 Å². The van der Waals surface area contributed by atoms with Crippen molar-refractivity contribution < 1.29 is 9.53 Å². The molecule has 20 heavy (non-hydrogen) atoms. The summed E-state index contributed by atoms with van der Waals surface area (Å²) in [6.45, 7) is 0. The molecule has 0 heterocycles. The van der Waals surface area contributed by atoms with Crippen molar-refractivity contribution in [1.82, 2.24) is 0 Å². The summed E-state index contributed by atoms with van der Waals surface area (Å²) in [5.41, 5.74) is 1.92. The molecule has 2 aromatic carbocycles. The van der Waals surface area contributed by atoms with Gasteiger partial charge < -0.3 is 4.74 Å². The van der Waals surface area contributed by atoms with E-state index in [1.807, 2.05) is 42.5 Å². The van der Waals surface area contributed by atoms with E-state index in [4.69, 9.17) is 16.3 Å². The lowest BCUT2D eigenvalue weighted by molar-refractivity contribution is 0.0965. The molecule has 0 aliphatic heterocycles. The van der Waals surface area contributed by atoms with Crippen molar-refractivity contribution in [2.75, 3.05) is 7.11 Å². The first kappa shape index (κ1) is 13.2. The van der Waals surface area contributed by atoms with Gasteiger partial charge in [-0.1, -0.05) is 35.9 Å². The maximum Gasteiger partial charge on any atom is 0.166 e. The van der Waals surface area contributed by atoms with Gasteiger partial charge in [0, 0.05) is 16.5 Å². The highest BCUT2D eigenvalue weighted by Crippen LogP contribution is 2.49. The van der Waals surface area contributed by atoms with Crippen LogP contribution in [0.3, 0.4) is 0 Å². The Balaban J connectivity index is 1.75. The first-order chi connectivity index (χ1) is 9.69. The van der Waals surface area contributed by atoms with Crippen LogP contribution in [-0.4, -0.2) is 12.9 Å². The Morgan fingerprint density at radius 3 is 2.65 bits per heavy atom. The standard InChI is InChI=1S/C17H15ClO2/c1-20-14-4-2-3-12(9-14)17(19)16-10-15(16)11-5-7-13(18)8-6-11/h2-9,15-16H,10H2,1H3/t15-,16+/m1/s1. The van der Waals surface area contributed by atoms with Crippen LogP contribution in [0.25, 0.3) is 0 Å². The van der Waals surface area contributed by atoms with Crippen molar-refractivity contribution in [1.29, 1.82) is 0 Å². The number of benzene rings is 2. The molecule has 1 aliphatic rings. The number of rotatable bonds is 4. The van der Waals surface area contributed by atoms with Gasteiger partial charge in [0.15, 0.2) is 5.78 Å². The predicted octanol–water partition coefficient (Wildman–Crippen LogP) is 4.34. The quantitative estimate of drug-likeness (QED) is 0.782. The van der Waals surface area contributed by atoms with Gasteiger partial charge in [0.25, 0.3) is 0 Å². The maximum absolute atomic E-state index is 12.4. The highest BCUT2D eigenvalue weighted by Gasteiger charge is 2.43. The van der Waals surface area contributed by atoms with Crippen LogP contribution < -0.4 is 4.74 Å². The summed E-state index contributed by atoms with van der Waals surface area (Å²) in [6.07, 6.45) is 0.914. The summed E-state index contributed by atoms with van der Waals surface area (Å²) in [6, 6.07) is 15.1. The van der Waals surface area contributed by atoms with Crippen LogP contribution in [0.2, 0.25) is 5.02 Å². The van der Waals surface area contributed by atoms with E-state index in [0.717, 1.165) is 22.8 Å². The summed E-state index contributed by atoms with van der Waals surface area (Å²) in [4.78, 5) is 12.4. The summed E-state index contributed by atoms with van der Waals surface area (Å²) in [5, 5.41) is 0.727. The summed E-state index contributed by atoms with van der Waals surface area (Å²) >= 11 is 5.88. The second-order valence-electron chi connectivity index (χ2n) is 5.10. The number of carbonyl (C=O) groups excluding carboxylic acids is 1. The average Bonchev–Trinajstić information content (AvgIpc) is 3.28. The molecule has 0 radical (unpaired) electrons. The first-order valence-corrected chi connectivity index (χ1v) is 7.00. The number of methoxy groups -OCH3 is 1. The van der Waals surface area contributed by atoms with E-state index in [0.29, 0.717) is 5.92 Å². The molecule has 0 bridgehead atoms. The van der Waals surface area contributed by atoms with E-state index in [2.05, 4.69) is 0 Å². The van der Waals surface area contributed by atoms with Gasteiger partial charge in [-0.15, -0.1) is 0 Å². The summed E-state index contributed by atoms with van der Waals surface area (Å²) in [7, 11) is 1.61. The molecule has 1 saturated carbocycles. The molecule has 2 aromatic rings. The van der Waals surface area contributed by atoms with Crippen molar-refractivity contribution in [3.8, 4) is 5.75 Å². The number of ketones is 1. The first-order valence-electron chi connectivity index (χ1n) is 6.63. The van der Waals surface area contributed by atoms with Gasteiger partial charge >= 0.3 is 0 Å². The Hall–Kier alpha value is -1.80. The van der Waals surface area contributed by atoms with Crippen LogP contribution in [0, 0.1) is 5.92 Å². The van der Waals surface area contributed by atoms with Crippen molar-refractivity contribution in [2.45, 2.75) is 12.3 Å². The minimum atomic E-state index is 0.0864. The molecule has 3 rings (SSSR count). The summed E-state index contributed by atoms with van der Waals surface area (Å²) in [5.74, 6) is 1.33. The van der Waals surface area contributed by atoms with E-state index in [-0.39, 0.29) is 11.7 Å². The highest BCUT2D eigenvalue weighted by molar-refractivity contribution is 6.30. The third-order valence-electron chi connectivity index (χ3n) is 3.78. The van der Waals surface area contributed by atoms with Crippen molar-refractivity contribution in [3.05, 3.63) is 64.7 Å². The normalized spacial score (nSPS) is 20.5. The Bertz CT molecular complexity index is 634. The molecule has 0 unspecified atom stereocenters. The third kappa shape index (κ3) is 2.56. The molecule has 0 aromatic heterocycles. The Morgan fingerprint density at radius 2 is 1.95 bits per heavy atom. The second-order valence-corrected chi connectivity index (χ2v) is 5.53. The number of ether oxygens (including phenoxy) is 1. The molecule has 3 heteroatoms. The molecule has 0 saturated heterocycles. The Kier molecular flexibility index (Phi) is 3.49. The largest absolute Gasteiger partial charge is 0.497 e. The fourth-order valence-corrected chi connectivity index (χ4v) is 2.68. The number of hydrogen-bond donors (Lipinski definition) is 0. The number of carbonyl (C=O) groups is 1. The van der Waals surface area contributed by atoms with Crippen LogP contribution in [0.1, 0.15) is 28.3 Å². The van der Waals surface area contributed by atoms with Crippen molar-refractivity contribution in [2.24, 2.45) is 5.92 Å². The zero-order valence-electron chi connectivity index (χ0n) is 11.2. The fourth-order valence-electron chi connectivity index (χ4n) is 2.55. The molecule has 1 aliphatic carbocycles. The SMILES string of the molecule is COc1cccc(C(=O)[C@H]2C[C@@H]2c2ccc(Cl)cc2)c1. The topological polar surface area (TPSA) is 26.3 Å². The van der Waals surface area contributed by atoms with Crippen molar-refractivity contribution >= 4 is 17.4 Å². The highest BCUT2D eigenvalue weighted by atomic mass is 35.5. The van der Waals surface area contributed by atoms with Crippen molar-refractivity contribution in [3.63, 3.8) is 0 Å². The van der Waals surface area contributed by atoms with E-state index in [1.54, 1.807) is 13.2 Å². The van der Waals surface area contributed by atoms with Gasteiger partial charge in [0.05, 0.1) is 7.11 Å². The summed E-state index contributed by atoms with van der Waals surface area (Å²) < 4.78 is 5.16. The van der Waals surface area contributed by atoms with Crippen LogP contribution in [0.5, 0.6) is 5.75 Å². The van der Waals surface area contributed by atoms with Crippen LogP contribution >= 0.6 is 11.6 Å². The van der Waals surface area contributed by atoms with E-state index in [1.165, 1.54) is 5.56 Å². The van der Waals surface area contributed by atoms with Gasteiger partial charge in [0.1, 0.15) is 5.75 Å². The van der Waals surface area contributed by atoms with Gasteiger partial charge in [-0.05, 0) is 42.2 Å². The molecule has 2 atom stereocenters. The number of Topliss-reactive ketones (excluding diaryl/α,β-unsaturated/α-hetero) is 1. The van der Waals surface area contributed by atoms with Crippen LogP contribution in [-0.2, 0) is 0 Å². The molecular formula is C17H15ClO2. The van der Waals surface area contributed by atoms with Gasteiger partial charge in [-0.2, -0.15) is 0 Å². The van der Waals surface area contributed by atoms with Crippen LogP contribution in [0.15, 0.2) is 48.5 Å². The number of hydrogen-bond acceptors (Lipinski definition) is 2. The zero-order valence-corrected chi connectivity index (χ0v) is 11.9. The minimum absolute atomic E-state index is 0.0864. The van der Waals surface area contributed by atoms with Crippen LogP contribution in [0.4, 0.5) is 0 Å². The molecule has 0 spiro atoms. The molecule has 2 nitrogen and oxygen atoms in total. The molecule has 0 amide bonds. The predicted molar refractivity (Wildman–Crippen MR) is 79.6 cm³/mol. The van der Waals surface area contributed by atoms with Gasteiger partial charge in [0.2, 0.25) is 0 Å². The van der Waals surface area contributed by atoms with Gasteiger partial charge in [-0.25, -0.2) is 0 Å². The smallest absolute Gasteiger partial charge is 0.166 e. The molecule has 102 valence electrons. The zero-order chi connectivity index (χ0) is 14.1. The van der Waals surface area contributed by atoms with E-state index >= 15 is 0 Å². The molecule has 1 fully saturated rings. The number of halogens is 1. The third-order valence-corrected chi connectivity index (χ3v) is 4.03. The van der Waals surface area contributed by atoms with E-state index < -0.39 is 0 Å². The lowest BCUT2D eigenvalue weighted by Gasteiger charge is -2.04. The maximum atomic E-state index is 12.4. The lowest BCUT2D eigenvalue weighted by atomic mass is 10.0. The average molecular weight is 287 g/mol. The second kappa shape index (κ2) is 5.29. The Morgan fingerprint density at radius 1 is 1.20 bits per heavy atom. The van der Waals surface area contributed by atoms with E-state index in [9.17, 15) is 4.79 Å². The monoisotopic (exact) mass is 286 g/mol. The lowest BCUT2D eigenvalue weighted by Crippen LogP contribution is -2.03. The minimum Gasteiger partial charge on any atom is -0.497 e.